The standard InChI is InChI=1S/C22H33NO6S/c1-21(2,3)28-18(24)13-11-16(19(25)29-22(4,5)6)23-14-8-9-15-10-12-17(30-15)20(26)27-7/h8-10,12,16,23H,11,13-14H2,1-7H3/t16-/m1/s1. The lowest BCUT2D eigenvalue weighted by atomic mass is 10.1. The lowest BCUT2D eigenvalue weighted by molar-refractivity contribution is -0.158. The first kappa shape index (κ1) is 25.8. The van der Waals surface area contributed by atoms with Gasteiger partial charge in [0.25, 0.3) is 0 Å². The van der Waals surface area contributed by atoms with Crippen LogP contribution in [0, 0.1) is 0 Å². The van der Waals surface area contributed by atoms with E-state index in [4.69, 9.17) is 14.2 Å². The highest BCUT2D eigenvalue weighted by Gasteiger charge is 2.26. The number of hydrogen-bond acceptors (Lipinski definition) is 8. The monoisotopic (exact) mass is 439 g/mol. The van der Waals surface area contributed by atoms with Gasteiger partial charge in [-0.05, 0) is 66.2 Å². The molecular weight excluding hydrogens is 406 g/mol. The zero-order valence-electron chi connectivity index (χ0n) is 18.9. The van der Waals surface area contributed by atoms with Crippen LogP contribution in [0.15, 0.2) is 18.2 Å². The zero-order chi connectivity index (χ0) is 22.9. The minimum Gasteiger partial charge on any atom is -0.465 e. The molecule has 0 aliphatic rings. The molecule has 0 aliphatic heterocycles. The summed E-state index contributed by atoms with van der Waals surface area (Å²) >= 11 is 1.32. The van der Waals surface area contributed by atoms with Crippen molar-refractivity contribution in [2.45, 2.75) is 71.6 Å². The summed E-state index contributed by atoms with van der Waals surface area (Å²) in [6, 6.07) is 2.88. The molecule has 1 rings (SSSR count). The third kappa shape index (κ3) is 10.5. The van der Waals surface area contributed by atoms with E-state index in [1.165, 1.54) is 18.4 Å². The molecule has 30 heavy (non-hydrogen) atoms. The summed E-state index contributed by atoms with van der Waals surface area (Å²) in [6.45, 7) is 11.2. The van der Waals surface area contributed by atoms with Crippen LogP contribution in [0.1, 0.15) is 68.9 Å². The van der Waals surface area contributed by atoms with Crippen LogP contribution in [0.4, 0.5) is 0 Å². The Hall–Kier alpha value is -2.19. The number of carbonyl (C=O) groups excluding carboxylic acids is 3. The van der Waals surface area contributed by atoms with Gasteiger partial charge in [-0.1, -0.05) is 6.08 Å². The van der Waals surface area contributed by atoms with Gasteiger partial charge >= 0.3 is 17.9 Å². The van der Waals surface area contributed by atoms with Gasteiger partial charge < -0.3 is 19.5 Å². The first-order valence-electron chi connectivity index (χ1n) is 9.83. The normalized spacial score (nSPS) is 13.2. The molecule has 7 nitrogen and oxygen atoms in total. The van der Waals surface area contributed by atoms with Crippen molar-refractivity contribution in [2.75, 3.05) is 13.7 Å². The summed E-state index contributed by atoms with van der Waals surface area (Å²) in [5.74, 6) is -1.14. The highest BCUT2D eigenvalue weighted by molar-refractivity contribution is 7.14. The Bertz CT molecular complexity index is 754. The molecule has 0 amide bonds. The lowest BCUT2D eigenvalue weighted by Crippen LogP contribution is -2.42. The van der Waals surface area contributed by atoms with Gasteiger partial charge in [-0.3, -0.25) is 9.59 Å². The number of ether oxygens (including phenoxy) is 3. The quantitative estimate of drug-likeness (QED) is 0.460. The molecule has 0 radical (unpaired) electrons. The van der Waals surface area contributed by atoms with Crippen LogP contribution < -0.4 is 5.32 Å². The topological polar surface area (TPSA) is 90.9 Å². The molecule has 1 aromatic rings. The maximum Gasteiger partial charge on any atom is 0.348 e. The number of carbonyl (C=O) groups is 3. The van der Waals surface area contributed by atoms with Crippen molar-refractivity contribution in [3.8, 4) is 0 Å². The van der Waals surface area contributed by atoms with Gasteiger partial charge in [-0.2, -0.15) is 0 Å². The van der Waals surface area contributed by atoms with E-state index in [-0.39, 0.29) is 24.8 Å². The van der Waals surface area contributed by atoms with Crippen LogP contribution in [0.25, 0.3) is 6.08 Å². The molecule has 1 aromatic heterocycles. The van der Waals surface area contributed by atoms with E-state index in [0.29, 0.717) is 11.4 Å². The third-order valence-corrected chi connectivity index (χ3v) is 4.56. The molecule has 0 fully saturated rings. The number of nitrogens with one attached hydrogen (secondary N) is 1. The van der Waals surface area contributed by atoms with Crippen molar-refractivity contribution in [1.29, 1.82) is 0 Å². The van der Waals surface area contributed by atoms with Crippen LogP contribution >= 0.6 is 11.3 Å². The predicted octanol–water partition coefficient (Wildman–Crippen LogP) is 3.97. The fourth-order valence-electron chi connectivity index (χ4n) is 2.37. The molecule has 0 saturated carbocycles. The van der Waals surface area contributed by atoms with Crippen LogP contribution in [-0.2, 0) is 23.8 Å². The van der Waals surface area contributed by atoms with Crippen LogP contribution in [0.5, 0.6) is 0 Å². The molecule has 0 unspecified atom stereocenters. The number of methoxy groups -OCH3 is 1. The predicted molar refractivity (Wildman–Crippen MR) is 117 cm³/mol. The van der Waals surface area contributed by atoms with E-state index in [9.17, 15) is 14.4 Å². The van der Waals surface area contributed by atoms with Crippen LogP contribution in [-0.4, -0.2) is 48.8 Å². The van der Waals surface area contributed by atoms with Crippen molar-refractivity contribution < 1.29 is 28.6 Å². The van der Waals surface area contributed by atoms with Gasteiger partial charge in [-0.15, -0.1) is 11.3 Å². The fraction of sp³-hybridized carbons (Fsp3) is 0.591. The van der Waals surface area contributed by atoms with Gasteiger partial charge in [0, 0.05) is 17.8 Å². The Morgan fingerprint density at radius 1 is 1.07 bits per heavy atom. The van der Waals surface area contributed by atoms with E-state index in [0.717, 1.165) is 4.88 Å². The Labute approximate surface area is 182 Å². The molecule has 1 heterocycles. The Kier molecular flexibility index (Phi) is 9.71. The van der Waals surface area contributed by atoms with Crippen molar-refractivity contribution in [3.63, 3.8) is 0 Å². The first-order chi connectivity index (χ1) is 13.8. The SMILES string of the molecule is COC(=O)c1ccc(C=CCN[C@H](CCC(=O)OC(C)(C)C)C(=O)OC(C)(C)C)s1. The summed E-state index contributed by atoms with van der Waals surface area (Å²) in [6.07, 6.45) is 4.07. The molecular formula is C22H33NO6S. The van der Waals surface area contributed by atoms with Crippen molar-refractivity contribution in [3.05, 3.63) is 28.0 Å². The van der Waals surface area contributed by atoms with Gasteiger partial charge in [0.1, 0.15) is 22.1 Å². The average molecular weight is 440 g/mol. The largest absolute Gasteiger partial charge is 0.465 e. The van der Waals surface area contributed by atoms with Gasteiger partial charge in [0.05, 0.1) is 7.11 Å². The maximum atomic E-state index is 12.5. The minimum atomic E-state index is -0.643. The second kappa shape index (κ2) is 11.3. The number of rotatable bonds is 9. The summed E-state index contributed by atoms with van der Waals surface area (Å²) in [5.41, 5.74) is -1.20. The van der Waals surface area contributed by atoms with E-state index < -0.39 is 23.2 Å². The molecule has 0 spiro atoms. The lowest BCUT2D eigenvalue weighted by Gasteiger charge is -2.25. The van der Waals surface area contributed by atoms with Gasteiger partial charge in [0.2, 0.25) is 0 Å². The molecule has 0 saturated heterocycles. The van der Waals surface area contributed by atoms with Crippen LogP contribution in [0.3, 0.4) is 0 Å². The Morgan fingerprint density at radius 3 is 2.27 bits per heavy atom. The first-order valence-corrected chi connectivity index (χ1v) is 10.6. The molecule has 0 aromatic carbocycles. The maximum absolute atomic E-state index is 12.5. The third-order valence-electron chi connectivity index (χ3n) is 3.53. The number of thiophene rings is 1. The summed E-state index contributed by atoms with van der Waals surface area (Å²) in [7, 11) is 1.34. The number of esters is 3. The molecule has 8 heteroatoms. The summed E-state index contributed by atoms with van der Waals surface area (Å²) < 4.78 is 15.5. The molecule has 0 aliphatic carbocycles. The van der Waals surface area contributed by atoms with Gasteiger partial charge in [0.15, 0.2) is 0 Å². The summed E-state index contributed by atoms with van der Waals surface area (Å²) in [4.78, 5) is 37.5. The van der Waals surface area contributed by atoms with E-state index in [1.807, 2.05) is 18.2 Å². The summed E-state index contributed by atoms with van der Waals surface area (Å²) in [5, 5.41) is 3.12. The average Bonchev–Trinajstić information content (AvgIpc) is 3.06. The van der Waals surface area contributed by atoms with E-state index >= 15 is 0 Å². The van der Waals surface area contributed by atoms with Crippen molar-refractivity contribution in [2.24, 2.45) is 0 Å². The highest BCUT2D eigenvalue weighted by Crippen LogP contribution is 2.18. The fourth-order valence-corrected chi connectivity index (χ4v) is 3.23. The van der Waals surface area contributed by atoms with Crippen molar-refractivity contribution in [1.82, 2.24) is 5.32 Å². The zero-order valence-corrected chi connectivity index (χ0v) is 19.7. The minimum absolute atomic E-state index is 0.102. The molecule has 0 bridgehead atoms. The second-order valence-electron chi connectivity index (χ2n) is 8.72. The van der Waals surface area contributed by atoms with Gasteiger partial charge in [-0.25, -0.2) is 4.79 Å². The molecule has 1 N–H and O–H groups in total. The smallest absolute Gasteiger partial charge is 0.348 e. The van der Waals surface area contributed by atoms with Crippen LogP contribution in [0.2, 0.25) is 0 Å². The Balaban J connectivity index is 2.68. The van der Waals surface area contributed by atoms with E-state index in [2.05, 4.69) is 5.32 Å². The number of hydrogen-bond donors (Lipinski definition) is 1. The molecule has 1 atom stereocenters. The van der Waals surface area contributed by atoms with E-state index in [1.54, 1.807) is 47.6 Å². The Morgan fingerprint density at radius 2 is 1.70 bits per heavy atom. The second-order valence-corrected chi connectivity index (χ2v) is 9.83. The molecule has 168 valence electrons. The van der Waals surface area contributed by atoms with Crippen molar-refractivity contribution >= 4 is 35.3 Å². The highest BCUT2D eigenvalue weighted by atomic mass is 32.1.